The Kier molecular flexibility index (Phi) is 4.22. The van der Waals surface area contributed by atoms with Crippen LogP contribution in [0.5, 0.6) is 0 Å². The summed E-state index contributed by atoms with van der Waals surface area (Å²) in [6, 6.07) is 5.18. The molecule has 4 rings (SSSR count). The fraction of sp³-hybridized carbons (Fsp3) is 0.611. The quantitative estimate of drug-likeness (QED) is 0.862. The Morgan fingerprint density at radius 2 is 2.12 bits per heavy atom. The number of nitrogens with zero attached hydrogens (tertiary/aromatic N) is 4. The highest BCUT2D eigenvalue weighted by molar-refractivity contribution is 5.00. The van der Waals surface area contributed by atoms with Gasteiger partial charge in [-0.3, -0.25) is 9.48 Å². The van der Waals surface area contributed by atoms with Crippen LogP contribution in [0, 0.1) is 11.3 Å². The van der Waals surface area contributed by atoms with E-state index in [0.717, 1.165) is 25.5 Å². The molecule has 0 N–H and O–H groups in total. The van der Waals surface area contributed by atoms with Crippen LogP contribution < -0.4 is 5.56 Å². The summed E-state index contributed by atoms with van der Waals surface area (Å²) in [6.07, 6.45) is 10.0. The average Bonchev–Trinajstić information content (AvgIpc) is 3.19. The lowest BCUT2D eigenvalue weighted by Crippen LogP contribution is -2.35. The number of hydrogen-bond donors (Lipinski definition) is 0. The number of hydrogen-bond acceptors (Lipinski definition) is 4. The van der Waals surface area contributed by atoms with Gasteiger partial charge in [0.05, 0.1) is 12.7 Å². The molecule has 0 amide bonds. The first-order valence-corrected chi connectivity index (χ1v) is 8.87. The van der Waals surface area contributed by atoms with E-state index < -0.39 is 0 Å². The normalized spacial score (nSPS) is 22.9. The lowest BCUT2D eigenvalue weighted by Gasteiger charge is -2.38. The minimum atomic E-state index is -0.0102. The molecule has 1 saturated carbocycles. The van der Waals surface area contributed by atoms with E-state index in [0.29, 0.717) is 17.9 Å². The summed E-state index contributed by atoms with van der Waals surface area (Å²) in [4.78, 5) is 11.8. The third-order valence-electron chi connectivity index (χ3n) is 5.81. The van der Waals surface area contributed by atoms with Crippen LogP contribution >= 0.6 is 0 Å². The van der Waals surface area contributed by atoms with E-state index in [4.69, 9.17) is 4.74 Å². The van der Waals surface area contributed by atoms with Crippen LogP contribution in [0.4, 0.5) is 0 Å². The number of pyridine rings is 1. The minimum absolute atomic E-state index is 0.0102. The summed E-state index contributed by atoms with van der Waals surface area (Å²) in [5, 5.41) is 8.56. The van der Waals surface area contributed by atoms with Gasteiger partial charge in [-0.25, -0.2) is 0 Å². The van der Waals surface area contributed by atoms with Crippen LogP contribution in [0.2, 0.25) is 0 Å². The van der Waals surface area contributed by atoms with Crippen LogP contribution in [0.3, 0.4) is 0 Å². The van der Waals surface area contributed by atoms with Gasteiger partial charge in [0, 0.05) is 32.0 Å². The molecular weight excluding hydrogens is 304 g/mol. The molecule has 1 aliphatic carbocycles. The molecular formula is C18H24N4O2. The van der Waals surface area contributed by atoms with Crippen molar-refractivity contribution < 1.29 is 4.74 Å². The van der Waals surface area contributed by atoms with Crippen molar-refractivity contribution in [1.29, 1.82) is 0 Å². The van der Waals surface area contributed by atoms with Gasteiger partial charge in [0.1, 0.15) is 5.69 Å². The molecule has 0 aromatic carbocycles. The number of ether oxygens (including phenoxy) is 1. The summed E-state index contributed by atoms with van der Waals surface area (Å²) < 4.78 is 9.19. The van der Waals surface area contributed by atoms with E-state index in [2.05, 4.69) is 10.3 Å². The fourth-order valence-corrected chi connectivity index (χ4v) is 4.42. The highest BCUT2D eigenvalue weighted by Crippen LogP contribution is 2.50. The molecule has 2 aromatic rings. The van der Waals surface area contributed by atoms with Crippen molar-refractivity contribution in [1.82, 2.24) is 19.6 Å². The Balaban J connectivity index is 1.45. The van der Waals surface area contributed by atoms with Crippen LogP contribution in [-0.2, 0) is 17.8 Å². The monoisotopic (exact) mass is 328 g/mol. The first-order chi connectivity index (χ1) is 11.8. The average molecular weight is 328 g/mol. The van der Waals surface area contributed by atoms with Gasteiger partial charge >= 0.3 is 0 Å². The zero-order valence-electron chi connectivity index (χ0n) is 13.9. The van der Waals surface area contributed by atoms with E-state index in [1.54, 1.807) is 22.9 Å². The maximum atomic E-state index is 11.8. The molecule has 1 saturated heterocycles. The van der Waals surface area contributed by atoms with Crippen LogP contribution in [0.1, 0.15) is 37.8 Å². The molecule has 6 nitrogen and oxygen atoms in total. The lowest BCUT2D eigenvalue weighted by atomic mass is 9.72. The summed E-state index contributed by atoms with van der Waals surface area (Å²) in [5.74, 6) is 0.662. The van der Waals surface area contributed by atoms with Gasteiger partial charge in [-0.15, -0.1) is 5.10 Å². The van der Waals surface area contributed by atoms with E-state index in [1.165, 1.54) is 32.1 Å². The van der Waals surface area contributed by atoms with Crippen molar-refractivity contribution in [2.24, 2.45) is 11.3 Å². The van der Waals surface area contributed by atoms with Crippen molar-refractivity contribution >= 4 is 0 Å². The fourth-order valence-electron chi connectivity index (χ4n) is 4.42. The van der Waals surface area contributed by atoms with E-state index in [9.17, 15) is 4.79 Å². The van der Waals surface area contributed by atoms with Gasteiger partial charge < -0.3 is 9.30 Å². The SMILES string of the molecule is O=c1ccccn1Cc1cn(CC2CCCC23CCOCC3)nn1. The Morgan fingerprint density at radius 3 is 2.96 bits per heavy atom. The minimum Gasteiger partial charge on any atom is -0.381 e. The van der Waals surface area contributed by atoms with Crippen molar-refractivity contribution in [2.45, 2.75) is 45.2 Å². The molecule has 0 radical (unpaired) electrons. The van der Waals surface area contributed by atoms with E-state index >= 15 is 0 Å². The molecule has 0 bridgehead atoms. The number of rotatable bonds is 4. The molecule has 2 aromatic heterocycles. The largest absolute Gasteiger partial charge is 0.381 e. The molecule has 1 spiro atoms. The molecule has 24 heavy (non-hydrogen) atoms. The topological polar surface area (TPSA) is 61.9 Å². The molecule has 2 aliphatic rings. The van der Waals surface area contributed by atoms with Gasteiger partial charge in [0.25, 0.3) is 5.56 Å². The smallest absolute Gasteiger partial charge is 0.250 e. The molecule has 6 heteroatoms. The molecule has 2 fully saturated rings. The molecule has 128 valence electrons. The standard InChI is InChI=1S/C18H24N4O2/c23-17-5-1-2-9-21(17)13-16-14-22(20-19-16)12-15-4-3-6-18(15)7-10-24-11-8-18/h1-2,5,9,14-15H,3-4,6-8,10-13H2. The Labute approximate surface area is 141 Å². The maximum absolute atomic E-state index is 11.8. The van der Waals surface area contributed by atoms with Crippen molar-refractivity contribution in [3.05, 3.63) is 46.6 Å². The van der Waals surface area contributed by atoms with Crippen molar-refractivity contribution in [3.8, 4) is 0 Å². The second-order valence-electron chi connectivity index (χ2n) is 7.16. The van der Waals surface area contributed by atoms with Crippen LogP contribution in [-0.4, -0.2) is 32.8 Å². The third-order valence-corrected chi connectivity index (χ3v) is 5.81. The Hall–Kier alpha value is -1.95. The first-order valence-electron chi connectivity index (χ1n) is 8.87. The second kappa shape index (κ2) is 6.51. The summed E-state index contributed by atoms with van der Waals surface area (Å²) in [7, 11) is 0. The van der Waals surface area contributed by atoms with Gasteiger partial charge in [-0.2, -0.15) is 0 Å². The molecule has 1 aliphatic heterocycles. The van der Waals surface area contributed by atoms with Crippen LogP contribution in [0.15, 0.2) is 35.4 Å². The van der Waals surface area contributed by atoms with E-state index in [1.807, 2.05) is 16.9 Å². The van der Waals surface area contributed by atoms with Gasteiger partial charge in [-0.05, 0) is 43.1 Å². The Morgan fingerprint density at radius 1 is 1.25 bits per heavy atom. The van der Waals surface area contributed by atoms with Crippen LogP contribution in [0.25, 0.3) is 0 Å². The first kappa shape index (κ1) is 15.6. The van der Waals surface area contributed by atoms with Gasteiger partial charge in [0.15, 0.2) is 0 Å². The van der Waals surface area contributed by atoms with Crippen molar-refractivity contribution in [2.75, 3.05) is 13.2 Å². The predicted octanol–water partition coefficient (Wildman–Crippen LogP) is 2.08. The van der Waals surface area contributed by atoms with E-state index in [-0.39, 0.29) is 5.56 Å². The molecule has 1 atom stereocenters. The predicted molar refractivity (Wildman–Crippen MR) is 89.7 cm³/mol. The second-order valence-corrected chi connectivity index (χ2v) is 7.16. The molecule has 1 unspecified atom stereocenters. The van der Waals surface area contributed by atoms with Gasteiger partial charge in [-0.1, -0.05) is 17.7 Å². The molecule has 3 heterocycles. The maximum Gasteiger partial charge on any atom is 0.250 e. The zero-order chi connectivity index (χ0) is 16.4. The van der Waals surface area contributed by atoms with Crippen molar-refractivity contribution in [3.63, 3.8) is 0 Å². The lowest BCUT2D eigenvalue weighted by molar-refractivity contribution is -0.0104. The highest BCUT2D eigenvalue weighted by Gasteiger charge is 2.43. The summed E-state index contributed by atoms with van der Waals surface area (Å²) in [5.41, 5.74) is 1.27. The highest BCUT2D eigenvalue weighted by atomic mass is 16.5. The zero-order valence-corrected chi connectivity index (χ0v) is 13.9. The number of aromatic nitrogens is 4. The summed E-state index contributed by atoms with van der Waals surface area (Å²) in [6.45, 7) is 3.20. The summed E-state index contributed by atoms with van der Waals surface area (Å²) >= 11 is 0. The van der Waals surface area contributed by atoms with Gasteiger partial charge in [0.2, 0.25) is 0 Å². The Bertz CT molecular complexity index is 745. The third kappa shape index (κ3) is 3.02.